The summed E-state index contributed by atoms with van der Waals surface area (Å²) in [6.45, 7) is 1.93. The molecular weight excluding hydrogens is 268 g/mol. The fraction of sp³-hybridized carbons (Fsp3) is 0.125. The molecule has 1 aliphatic heterocycles. The summed E-state index contributed by atoms with van der Waals surface area (Å²) >= 11 is 0. The van der Waals surface area contributed by atoms with E-state index in [0.717, 1.165) is 11.3 Å². The van der Waals surface area contributed by atoms with Gasteiger partial charge in [-0.3, -0.25) is 9.59 Å². The van der Waals surface area contributed by atoms with Crippen LogP contribution < -0.4 is 15.4 Å². The summed E-state index contributed by atoms with van der Waals surface area (Å²) in [6, 6.07) is 12.5. The quantitative estimate of drug-likeness (QED) is 0.889. The molecule has 5 heteroatoms. The average Bonchev–Trinajstić information content (AvgIpc) is 2.48. The van der Waals surface area contributed by atoms with Crippen LogP contribution in [0.1, 0.15) is 15.9 Å². The largest absolute Gasteiger partial charge is 0.482 e. The lowest BCUT2D eigenvalue weighted by atomic mass is 10.1. The highest BCUT2D eigenvalue weighted by atomic mass is 16.5. The molecular formula is C16H14N2O3. The van der Waals surface area contributed by atoms with Crippen molar-refractivity contribution in [1.29, 1.82) is 0 Å². The predicted octanol–water partition coefficient (Wildman–Crippen LogP) is 2.58. The minimum Gasteiger partial charge on any atom is -0.482 e. The molecule has 2 aromatic rings. The number of ether oxygens (including phenoxy) is 1. The molecule has 5 nitrogen and oxygen atoms in total. The minimum absolute atomic E-state index is 0.00174. The predicted molar refractivity (Wildman–Crippen MR) is 79.7 cm³/mol. The van der Waals surface area contributed by atoms with Gasteiger partial charge in [0.15, 0.2) is 6.61 Å². The van der Waals surface area contributed by atoms with Crippen LogP contribution in [0.5, 0.6) is 5.75 Å². The molecule has 0 spiro atoms. The smallest absolute Gasteiger partial charge is 0.262 e. The summed E-state index contributed by atoms with van der Waals surface area (Å²) in [5.41, 5.74) is 2.73. The number of carbonyl (C=O) groups excluding carboxylic acids is 2. The zero-order chi connectivity index (χ0) is 14.8. The second kappa shape index (κ2) is 5.28. The Morgan fingerprint density at radius 1 is 1.24 bits per heavy atom. The van der Waals surface area contributed by atoms with Crippen molar-refractivity contribution in [3.05, 3.63) is 53.6 Å². The third-order valence-electron chi connectivity index (χ3n) is 3.27. The molecule has 0 saturated heterocycles. The Labute approximate surface area is 121 Å². The molecule has 0 aliphatic carbocycles. The van der Waals surface area contributed by atoms with Crippen molar-refractivity contribution in [3.8, 4) is 5.75 Å². The number of amides is 2. The number of benzene rings is 2. The van der Waals surface area contributed by atoms with E-state index in [0.29, 0.717) is 17.0 Å². The zero-order valence-electron chi connectivity index (χ0n) is 11.5. The lowest BCUT2D eigenvalue weighted by Crippen LogP contribution is -2.25. The molecule has 0 atom stereocenters. The van der Waals surface area contributed by atoms with E-state index in [1.807, 2.05) is 31.2 Å². The van der Waals surface area contributed by atoms with Gasteiger partial charge in [0.05, 0.1) is 5.69 Å². The molecule has 0 bridgehead atoms. The van der Waals surface area contributed by atoms with Crippen LogP contribution in [0.4, 0.5) is 11.4 Å². The lowest BCUT2D eigenvalue weighted by molar-refractivity contribution is -0.118. The van der Waals surface area contributed by atoms with Crippen LogP contribution >= 0.6 is 0 Å². The van der Waals surface area contributed by atoms with Crippen LogP contribution in [0, 0.1) is 6.92 Å². The summed E-state index contributed by atoms with van der Waals surface area (Å²) in [5, 5.41) is 5.54. The van der Waals surface area contributed by atoms with Crippen molar-refractivity contribution in [3.63, 3.8) is 0 Å². The molecule has 0 unspecified atom stereocenters. The van der Waals surface area contributed by atoms with Crippen molar-refractivity contribution in [2.75, 3.05) is 17.2 Å². The summed E-state index contributed by atoms with van der Waals surface area (Å²) < 4.78 is 5.26. The Bertz CT molecular complexity index is 725. The second-order valence-electron chi connectivity index (χ2n) is 4.82. The normalized spacial score (nSPS) is 12.9. The molecule has 0 radical (unpaired) electrons. The fourth-order valence-corrected chi connectivity index (χ4v) is 2.13. The van der Waals surface area contributed by atoms with E-state index in [-0.39, 0.29) is 18.4 Å². The first-order chi connectivity index (χ1) is 10.1. The van der Waals surface area contributed by atoms with Gasteiger partial charge in [-0.15, -0.1) is 0 Å². The molecule has 2 amide bonds. The fourth-order valence-electron chi connectivity index (χ4n) is 2.13. The third kappa shape index (κ3) is 2.72. The summed E-state index contributed by atoms with van der Waals surface area (Å²) in [6.07, 6.45) is 0. The Balaban J connectivity index is 1.84. The van der Waals surface area contributed by atoms with E-state index in [9.17, 15) is 9.59 Å². The standard InChI is InChI=1S/C16H14N2O3/c1-10-4-2-3-5-12(10)18-16(20)11-6-7-14-13(8-11)17-15(19)9-21-14/h2-8H,9H2,1H3,(H,17,19)(H,18,20). The Morgan fingerprint density at radius 3 is 2.86 bits per heavy atom. The number of hydrogen-bond acceptors (Lipinski definition) is 3. The molecule has 0 aromatic heterocycles. The molecule has 0 saturated carbocycles. The van der Waals surface area contributed by atoms with Gasteiger partial charge in [-0.05, 0) is 36.8 Å². The topological polar surface area (TPSA) is 67.4 Å². The van der Waals surface area contributed by atoms with Gasteiger partial charge in [-0.25, -0.2) is 0 Å². The monoisotopic (exact) mass is 282 g/mol. The van der Waals surface area contributed by atoms with Crippen LogP contribution in [0.15, 0.2) is 42.5 Å². The van der Waals surface area contributed by atoms with Crippen molar-refractivity contribution >= 4 is 23.2 Å². The number of para-hydroxylation sites is 1. The van der Waals surface area contributed by atoms with Gasteiger partial charge in [-0.1, -0.05) is 18.2 Å². The average molecular weight is 282 g/mol. The molecule has 106 valence electrons. The number of aryl methyl sites for hydroxylation is 1. The first-order valence-corrected chi connectivity index (χ1v) is 6.57. The van der Waals surface area contributed by atoms with E-state index in [4.69, 9.17) is 4.74 Å². The zero-order valence-corrected chi connectivity index (χ0v) is 11.5. The Morgan fingerprint density at radius 2 is 2.05 bits per heavy atom. The summed E-state index contributed by atoms with van der Waals surface area (Å²) in [5.74, 6) is 0.118. The number of anilines is 2. The van der Waals surface area contributed by atoms with E-state index in [1.54, 1.807) is 18.2 Å². The number of nitrogens with one attached hydrogen (secondary N) is 2. The molecule has 1 heterocycles. The van der Waals surface area contributed by atoms with Crippen LogP contribution in [0.2, 0.25) is 0 Å². The van der Waals surface area contributed by atoms with Crippen LogP contribution in [0.25, 0.3) is 0 Å². The van der Waals surface area contributed by atoms with Crippen molar-refractivity contribution < 1.29 is 14.3 Å². The Hall–Kier alpha value is -2.82. The van der Waals surface area contributed by atoms with Crippen molar-refractivity contribution in [2.45, 2.75) is 6.92 Å². The molecule has 3 rings (SSSR count). The van der Waals surface area contributed by atoms with E-state index in [2.05, 4.69) is 10.6 Å². The molecule has 2 aromatic carbocycles. The van der Waals surface area contributed by atoms with Crippen LogP contribution in [-0.4, -0.2) is 18.4 Å². The van der Waals surface area contributed by atoms with Crippen LogP contribution in [-0.2, 0) is 4.79 Å². The van der Waals surface area contributed by atoms with Crippen LogP contribution in [0.3, 0.4) is 0 Å². The van der Waals surface area contributed by atoms with Gasteiger partial charge in [0.2, 0.25) is 0 Å². The number of fused-ring (bicyclic) bond motifs is 1. The lowest BCUT2D eigenvalue weighted by Gasteiger charge is -2.18. The van der Waals surface area contributed by atoms with Gasteiger partial charge in [-0.2, -0.15) is 0 Å². The van der Waals surface area contributed by atoms with Crippen molar-refractivity contribution in [2.24, 2.45) is 0 Å². The van der Waals surface area contributed by atoms with Crippen molar-refractivity contribution in [1.82, 2.24) is 0 Å². The summed E-state index contributed by atoms with van der Waals surface area (Å²) in [4.78, 5) is 23.6. The first kappa shape index (κ1) is 13.2. The van der Waals surface area contributed by atoms with Gasteiger partial charge in [0.25, 0.3) is 11.8 Å². The third-order valence-corrected chi connectivity index (χ3v) is 3.27. The molecule has 2 N–H and O–H groups in total. The van der Waals surface area contributed by atoms with Gasteiger partial charge < -0.3 is 15.4 Å². The highest BCUT2D eigenvalue weighted by Crippen LogP contribution is 2.28. The maximum atomic E-state index is 12.3. The summed E-state index contributed by atoms with van der Waals surface area (Å²) in [7, 11) is 0. The number of carbonyl (C=O) groups is 2. The minimum atomic E-state index is -0.230. The van der Waals surface area contributed by atoms with E-state index in [1.165, 1.54) is 0 Å². The second-order valence-corrected chi connectivity index (χ2v) is 4.82. The van der Waals surface area contributed by atoms with E-state index < -0.39 is 0 Å². The van der Waals surface area contributed by atoms with E-state index >= 15 is 0 Å². The maximum absolute atomic E-state index is 12.3. The maximum Gasteiger partial charge on any atom is 0.262 e. The van der Waals surface area contributed by atoms with Gasteiger partial charge in [0, 0.05) is 11.3 Å². The van der Waals surface area contributed by atoms with Gasteiger partial charge >= 0.3 is 0 Å². The number of rotatable bonds is 2. The highest BCUT2D eigenvalue weighted by Gasteiger charge is 2.18. The molecule has 0 fully saturated rings. The first-order valence-electron chi connectivity index (χ1n) is 6.57. The highest BCUT2D eigenvalue weighted by molar-refractivity contribution is 6.06. The van der Waals surface area contributed by atoms with Gasteiger partial charge in [0.1, 0.15) is 5.75 Å². The number of hydrogen-bond donors (Lipinski definition) is 2. The molecule has 1 aliphatic rings. The Kier molecular flexibility index (Phi) is 3.31. The SMILES string of the molecule is Cc1ccccc1NC(=O)c1ccc2c(c1)NC(=O)CO2. The molecule has 21 heavy (non-hydrogen) atoms.